The summed E-state index contributed by atoms with van der Waals surface area (Å²) in [6, 6.07) is 12.5. The fourth-order valence-electron chi connectivity index (χ4n) is 3.41. The van der Waals surface area contributed by atoms with E-state index in [1.807, 2.05) is 24.3 Å². The molecule has 3 aromatic rings. The molecule has 0 spiro atoms. The third-order valence-corrected chi connectivity index (χ3v) is 4.70. The van der Waals surface area contributed by atoms with Crippen molar-refractivity contribution in [2.45, 2.75) is 19.3 Å². The van der Waals surface area contributed by atoms with Crippen molar-refractivity contribution in [3.8, 4) is 0 Å². The number of nitrogens with zero attached hydrogens (tertiary/aromatic N) is 1. The molecule has 2 N–H and O–H groups in total. The van der Waals surface area contributed by atoms with E-state index in [4.69, 9.17) is 0 Å². The number of nitrogens with one attached hydrogen (secondary N) is 2. The van der Waals surface area contributed by atoms with Gasteiger partial charge in [0.15, 0.2) is 0 Å². The summed E-state index contributed by atoms with van der Waals surface area (Å²) >= 11 is 0. The number of amides is 1. The monoisotopic (exact) mass is 337 g/mol. The van der Waals surface area contributed by atoms with Crippen molar-refractivity contribution in [3.05, 3.63) is 60.0 Å². The predicted octanol–water partition coefficient (Wildman–Crippen LogP) is 4.09. The maximum Gasteiger partial charge on any atom is 0.228 e. The Kier molecular flexibility index (Phi) is 4.14. The molecular weight excluding hydrogens is 317 g/mol. The summed E-state index contributed by atoms with van der Waals surface area (Å²) in [6.07, 6.45) is 4.45. The largest absolute Gasteiger partial charge is 0.372 e. The van der Waals surface area contributed by atoms with Gasteiger partial charge < -0.3 is 15.2 Å². The smallest absolute Gasteiger partial charge is 0.228 e. The van der Waals surface area contributed by atoms with Crippen molar-refractivity contribution < 1.29 is 9.18 Å². The third kappa shape index (κ3) is 3.36. The number of benzene rings is 2. The first-order valence-electron chi connectivity index (χ1n) is 8.59. The van der Waals surface area contributed by atoms with Crippen LogP contribution < -0.4 is 10.2 Å². The zero-order valence-electron chi connectivity index (χ0n) is 13.9. The number of H-pyrrole nitrogens is 1. The molecular formula is C20H20FN3O. The van der Waals surface area contributed by atoms with Crippen LogP contribution in [0.4, 0.5) is 15.8 Å². The normalized spacial score (nSPS) is 14.2. The number of aromatic nitrogens is 1. The summed E-state index contributed by atoms with van der Waals surface area (Å²) in [7, 11) is 0. The van der Waals surface area contributed by atoms with Crippen molar-refractivity contribution in [3.63, 3.8) is 0 Å². The van der Waals surface area contributed by atoms with E-state index in [2.05, 4.69) is 15.2 Å². The Morgan fingerprint density at radius 1 is 1.12 bits per heavy atom. The summed E-state index contributed by atoms with van der Waals surface area (Å²) in [5.74, 6) is -0.412. The lowest BCUT2D eigenvalue weighted by Crippen LogP contribution is -2.18. The minimum Gasteiger partial charge on any atom is -0.372 e. The molecule has 1 amide bonds. The molecule has 0 aliphatic carbocycles. The van der Waals surface area contributed by atoms with Gasteiger partial charge in [-0.25, -0.2) is 4.39 Å². The molecule has 0 atom stereocenters. The predicted molar refractivity (Wildman–Crippen MR) is 98.5 cm³/mol. The van der Waals surface area contributed by atoms with Crippen LogP contribution in [0.1, 0.15) is 18.4 Å². The van der Waals surface area contributed by atoms with E-state index in [0.717, 1.165) is 35.2 Å². The van der Waals surface area contributed by atoms with Gasteiger partial charge in [-0.05, 0) is 60.9 Å². The zero-order valence-corrected chi connectivity index (χ0v) is 13.9. The number of hydrogen-bond donors (Lipinski definition) is 2. The number of halogens is 1. The standard InChI is InChI=1S/C20H20FN3O/c21-15-3-8-19-18(12-15)14(13-22-19)11-20(25)23-16-4-6-17(7-5-16)24-9-1-2-10-24/h3-8,12-13,22H,1-2,9-11H2,(H,23,25). The summed E-state index contributed by atoms with van der Waals surface area (Å²) in [5.41, 5.74) is 3.60. The number of hydrogen-bond acceptors (Lipinski definition) is 2. The van der Waals surface area contributed by atoms with Crippen molar-refractivity contribution >= 4 is 28.2 Å². The number of aromatic amines is 1. The Bertz CT molecular complexity index is 895. The highest BCUT2D eigenvalue weighted by Crippen LogP contribution is 2.23. The van der Waals surface area contributed by atoms with E-state index in [9.17, 15) is 9.18 Å². The van der Waals surface area contributed by atoms with Gasteiger partial charge >= 0.3 is 0 Å². The van der Waals surface area contributed by atoms with Gasteiger partial charge in [-0.2, -0.15) is 0 Å². The van der Waals surface area contributed by atoms with Gasteiger partial charge in [-0.3, -0.25) is 4.79 Å². The van der Waals surface area contributed by atoms with E-state index < -0.39 is 0 Å². The van der Waals surface area contributed by atoms with E-state index in [0.29, 0.717) is 0 Å². The molecule has 1 aliphatic rings. The van der Waals surface area contributed by atoms with Crippen LogP contribution in [0, 0.1) is 5.82 Å². The molecule has 0 saturated carbocycles. The van der Waals surface area contributed by atoms with Crippen LogP contribution in [-0.2, 0) is 11.2 Å². The van der Waals surface area contributed by atoms with Gasteiger partial charge in [-0.15, -0.1) is 0 Å². The summed E-state index contributed by atoms with van der Waals surface area (Å²) in [4.78, 5) is 17.7. The highest BCUT2D eigenvalue weighted by atomic mass is 19.1. The van der Waals surface area contributed by atoms with Gasteiger partial charge in [0.05, 0.1) is 6.42 Å². The maximum atomic E-state index is 13.4. The van der Waals surface area contributed by atoms with Crippen molar-refractivity contribution in [1.29, 1.82) is 0 Å². The molecule has 2 aromatic carbocycles. The highest BCUT2D eigenvalue weighted by Gasteiger charge is 2.13. The molecule has 25 heavy (non-hydrogen) atoms. The summed E-state index contributed by atoms with van der Waals surface area (Å²) < 4.78 is 13.4. The summed E-state index contributed by atoms with van der Waals surface area (Å²) in [5, 5.41) is 3.66. The second-order valence-corrected chi connectivity index (χ2v) is 6.47. The van der Waals surface area contributed by atoms with Gasteiger partial charge in [0, 0.05) is 41.6 Å². The molecule has 1 aromatic heterocycles. The minimum absolute atomic E-state index is 0.112. The number of anilines is 2. The Hall–Kier alpha value is -2.82. The number of rotatable bonds is 4. The first-order valence-corrected chi connectivity index (χ1v) is 8.59. The van der Waals surface area contributed by atoms with E-state index in [1.54, 1.807) is 12.3 Å². The zero-order chi connectivity index (χ0) is 17.2. The van der Waals surface area contributed by atoms with Crippen LogP contribution >= 0.6 is 0 Å². The van der Waals surface area contributed by atoms with Crippen LogP contribution in [0.25, 0.3) is 10.9 Å². The average molecular weight is 337 g/mol. The van der Waals surface area contributed by atoms with E-state index >= 15 is 0 Å². The lowest BCUT2D eigenvalue weighted by molar-refractivity contribution is -0.115. The molecule has 0 radical (unpaired) electrons. The van der Waals surface area contributed by atoms with Crippen molar-refractivity contribution in [2.75, 3.05) is 23.3 Å². The Morgan fingerprint density at radius 2 is 1.88 bits per heavy atom. The lowest BCUT2D eigenvalue weighted by Gasteiger charge is -2.17. The van der Waals surface area contributed by atoms with Crippen LogP contribution in [-0.4, -0.2) is 24.0 Å². The fourth-order valence-corrected chi connectivity index (χ4v) is 3.41. The van der Waals surface area contributed by atoms with Gasteiger partial charge in [0.2, 0.25) is 5.91 Å². The van der Waals surface area contributed by atoms with Gasteiger partial charge in [0.25, 0.3) is 0 Å². The Morgan fingerprint density at radius 3 is 2.64 bits per heavy atom. The second-order valence-electron chi connectivity index (χ2n) is 6.47. The van der Waals surface area contributed by atoms with E-state index in [-0.39, 0.29) is 18.1 Å². The molecule has 1 fully saturated rings. The number of carbonyl (C=O) groups is 1. The van der Waals surface area contributed by atoms with Crippen LogP contribution in [0.15, 0.2) is 48.7 Å². The molecule has 1 aliphatic heterocycles. The molecule has 1 saturated heterocycles. The molecule has 4 nitrogen and oxygen atoms in total. The molecule has 128 valence electrons. The average Bonchev–Trinajstić information content (AvgIpc) is 3.26. The first kappa shape index (κ1) is 15.7. The van der Waals surface area contributed by atoms with Crippen molar-refractivity contribution in [2.24, 2.45) is 0 Å². The van der Waals surface area contributed by atoms with Crippen LogP contribution in [0.5, 0.6) is 0 Å². The lowest BCUT2D eigenvalue weighted by atomic mass is 10.1. The molecule has 4 rings (SSSR count). The minimum atomic E-state index is -0.300. The summed E-state index contributed by atoms with van der Waals surface area (Å²) in [6.45, 7) is 2.20. The third-order valence-electron chi connectivity index (χ3n) is 4.70. The topological polar surface area (TPSA) is 48.1 Å². The van der Waals surface area contributed by atoms with Gasteiger partial charge in [0.1, 0.15) is 5.82 Å². The SMILES string of the molecule is O=C(Cc1c[nH]c2ccc(F)cc12)Nc1ccc(N2CCCC2)cc1. The van der Waals surface area contributed by atoms with Crippen LogP contribution in [0.2, 0.25) is 0 Å². The van der Waals surface area contributed by atoms with Gasteiger partial charge in [-0.1, -0.05) is 0 Å². The second kappa shape index (κ2) is 6.59. The Labute approximate surface area is 145 Å². The molecule has 0 bridgehead atoms. The number of carbonyl (C=O) groups excluding carboxylic acids is 1. The highest BCUT2D eigenvalue weighted by molar-refractivity contribution is 5.95. The molecule has 0 unspecified atom stereocenters. The van der Waals surface area contributed by atoms with E-state index in [1.165, 1.54) is 30.7 Å². The maximum absolute atomic E-state index is 13.4. The molecule has 5 heteroatoms. The quantitative estimate of drug-likeness (QED) is 0.753. The Balaban J connectivity index is 1.43. The van der Waals surface area contributed by atoms with Crippen LogP contribution in [0.3, 0.4) is 0 Å². The fraction of sp³-hybridized carbons (Fsp3) is 0.250. The van der Waals surface area contributed by atoms with Crippen molar-refractivity contribution in [1.82, 2.24) is 4.98 Å². The number of fused-ring (bicyclic) bond motifs is 1. The first-order chi connectivity index (χ1) is 12.2. The molecule has 2 heterocycles.